The number of para-hydroxylation sites is 1. The van der Waals surface area contributed by atoms with Gasteiger partial charge in [-0.3, -0.25) is 4.79 Å². The summed E-state index contributed by atoms with van der Waals surface area (Å²) in [5.74, 6) is -0.284. The van der Waals surface area contributed by atoms with Crippen molar-refractivity contribution in [2.45, 2.75) is 57.8 Å². The van der Waals surface area contributed by atoms with Crippen molar-refractivity contribution in [3.63, 3.8) is 0 Å². The van der Waals surface area contributed by atoms with Gasteiger partial charge >= 0.3 is 5.97 Å². The van der Waals surface area contributed by atoms with Gasteiger partial charge in [-0.05, 0) is 51.0 Å². The fourth-order valence-electron chi connectivity index (χ4n) is 3.59. The van der Waals surface area contributed by atoms with Gasteiger partial charge < -0.3 is 14.8 Å². The zero-order chi connectivity index (χ0) is 24.6. The molecular weight excluding hydrogens is 426 g/mol. The Morgan fingerprint density at radius 1 is 0.765 bits per heavy atom. The number of esters is 1. The zero-order valence-corrected chi connectivity index (χ0v) is 20.3. The molecule has 0 saturated heterocycles. The number of rotatable bonds is 9. The van der Waals surface area contributed by atoms with Gasteiger partial charge in [0.05, 0.1) is 0 Å². The number of carbonyl (C=O) groups is 2. The molecule has 3 rings (SSSR count). The molecule has 0 aliphatic carbocycles. The molecule has 1 amide bonds. The maximum Gasteiger partial charge on any atom is 0.332 e. The molecule has 0 aromatic heterocycles. The number of carbonyl (C=O) groups excluding carboxylic acids is 2. The highest BCUT2D eigenvalue weighted by atomic mass is 16.6. The van der Waals surface area contributed by atoms with Crippen LogP contribution in [0.5, 0.6) is 5.75 Å². The summed E-state index contributed by atoms with van der Waals surface area (Å²) in [5, 5.41) is 2.97. The molecule has 0 aliphatic heterocycles. The first-order valence-corrected chi connectivity index (χ1v) is 11.5. The van der Waals surface area contributed by atoms with Gasteiger partial charge in [0.2, 0.25) is 0 Å². The van der Waals surface area contributed by atoms with E-state index in [1.54, 1.807) is 6.92 Å². The van der Waals surface area contributed by atoms with Gasteiger partial charge in [-0.25, -0.2) is 4.79 Å². The molecule has 0 aliphatic rings. The van der Waals surface area contributed by atoms with Crippen molar-refractivity contribution in [1.82, 2.24) is 5.32 Å². The molecule has 0 radical (unpaired) electrons. The number of benzene rings is 3. The van der Waals surface area contributed by atoms with Gasteiger partial charge in [0.15, 0.2) is 6.10 Å². The summed E-state index contributed by atoms with van der Waals surface area (Å²) in [6.45, 7) is 7.14. The maximum absolute atomic E-state index is 13.6. The number of hydrogen-bond donors (Lipinski definition) is 1. The van der Waals surface area contributed by atoms with E-state index in [-0.39, 0.29) is 12.3 Å². The van der Waals surface area contributed by atoms with E-state index in [0.29, 0.717) is 12.2 Å². The van der Waals surface area contributed by atoms with Crippen LogP contribution in [0.2, 0.25) is 0 Å². The Bertz CT molecular complexity index is 1020. The molecule has 0 bridgehead atoms. The third-order valence-corrected chi connectivity index (χ3v) is 5.23. The van der Waals surface area contributed by atoms with Crippen LogP contribution in [0, 0.1) is 0 Å². The summed E-state index contributed by atoms with van der Waals surface area (Å²) in [6, 6.07) is 28.5. The van der Waals surface area contributed by atoms with Crippen LogP contribution in [0.15, 0.2) is 91.0 Å². The zero-order valence-electron chi connectivity index (χ0n) is 20.3. The Morgan fingerprint density at radius 3 is 1.79 bits per heavy atom. The van der Waals surface area contributed by atoms with Gasteiger partial charge in [0, 0.05) is 12.8 Å². The lowest BCUT2D eigenvalue weighted by Crippen LogP contribution is -2.58. The van der Waals surface area contributed by atoms with Gasteiger partial charge in [0.25, 0.3) is 5.91 Å². The third kappa shape index (κ3) is 7.48. The first kappa shape index (κ1) is 25.0. The first-order valence-electron chi connectivity index (χ1n) is 11.5. The second-order valence-electron chi connectivity index (χ2n) is 9.59. The van der Waals surface area contributed by atoms with E-state index in [1.807, 2.05) is 112 Å². The Morgan fingerprint density at radius 2 is 1.26 bits per heavy atom. The van der Waals surface area contributed by atoms with Crippen LogP contribution >= 0.6 is 0 Å². The minimum atomic E-state index is -1.28. The molecule has 2 atom stereocenters. The third-order valence-electron chi connectivity index (χ3n) is 5.23. The molecule has 0 saturated carbocycles. The van der Waals surface area contributed by atoms with E-state index in [2.05, 4.69) is 5.32 Å². The Hall–Kier alpha value is -3.60. The van der Waals surface area contributed by atoms with Gasteiger partial charge in [0.1, 0.15) is 16.9 Å². The first-order chi connectivity index (χ1) is 16.1. The summed E-state index contributed by atoms with van der Waals surface area (Å²) >= 11 is 0. The van der Waals surface area contributed by atoms with Gasteiger partial charge in [-0.2, -0.15) is 0 Å². The van der Waals surface area contributed by atoms with Crippen molar-refractivity contribution < 1.29 is 19.1 Å². The predicted molar refractivity (Wildman–Crippen MR) is 134 cm³/mol. The molecule has 178 valence electrons. The van der Waals surface area contributed by atoms with E-state index in [4.69, 9.17) is 9.47 Å². The molecular formula is C29H33NO4. The molecule has 0 spiro atoms. The fourth-order valence-corrected chi connectivity index (χ4v) is 3.59. The lowest BCUT2D eigenvalue weighted by Gasteiger charge is -2.33. The van der Waals surface area contributed by atoms with Crippen LogP contribution in [-0.2, 0) is 27.2 Å². The lowest BCUT2D eigenvalue weighted by atomic mass is 9.91. The van der Waals surface area contributed by atoms with Crippen LogP contribution in [0.25, 0.3) is 0 Å². The van der Waals surface area contributed by atoms with Crippen molar-refractivity contribution in [1.29, 1.82) is 0 Å². The van der Waals surface area contributed by atoms with Crippen LogP contribution < -0.4 is 10.1 Å². The Kier molecular flexibility index (Phi) is 8.11. The highest BCUT2D eigenvalue weighted by molar-refractivity contribution is 5.90. The molecule has 3 aromatic carbocycles. The van der Waals surface area contributed by atoms with Crippen LogP contribution in [-0.4, -0.2) is 29.1 Å². The molecule has 1 N–H and O–H groups in total. The Balaban J connectivity index is 1.88. The average Bonchev–Trinajstić information content (AvgIpc) is 2.79. The topological polar surface area (TPSA) is 64.6 Å². The predicted octanol–water partition coefficient (Wildman–Crippen LogP) is 5.14. The van der Waals surface area contributed by atoms with Crippen molar-refractivity contribution in [2.24, 2.45) is 0 Å². The fraction of sp³-hybridized carbons (Fsp3) is 0.310. The SMILES string of the molecule is CC(C)(C)OC(=O)[C@](C)(Cc1ccccc1)NC(=O)[C@H](Cc1ccccc1)Oc1ccccc1. The van der Waals surface area contributed by atoms with E-state index in [9.17, 15) is 9.59 Å². The molecule has 5 heteroatoms. The monoisotopic (exact) mass is 459 g/mol. The van der Waals surface area contributed by atoms with Crippen LogP contribution in [0.4, 0.5) is 0 Å². The number of nitrogens with one attached hydrogen (secondary N) is 1. The lowest BCUT2D eigenvalue weighted by molar-refractivity contribution is -0.164. The number of amides is 1. The molecule has 0 unspecified atom stereocenters. The van der Waals surface area contributed by atoms with Crippen molar-refractivity contribution in [2.75, 3.05) is 0 Å². The Labute approximate surface area is 202 Å². The highest BCUT2D eigenvalue weighted by Gasteiger charge is 2.40. The number of ether oxygens (including phenoxy) is 2. The second-order valence-corrected chi connectivity index (χ2v) is 9.59. The number of hydrogen-bond acceptors (Lipinski definition) is 4. The summed E-state index contributed by atoms with van der Waals surface area (Å²) in [6.07, 6.45) is -0.183. The summed E-state index contributed by atoms with van der Waals surface area (Å²) in [5.41, 5.74) is -0.0925. The quantitative estimate of drug-likeness (QED) is 0.450. The van der Waals surface area contributed by atoms with E-state index in [0.717, 1.165) is 11.1 Å². The summed E-state index contributed by atoms with van der Waals surface area (Å²) in [7, 11) is 0. The maximum atomic E-state index is 13.6. The molecule has 0 fully saturated rings. The molecule has 34 heavy (non-hydrogen) atoms. The minimum Gasteiger partial charge on any atom is -0.480 e. The second kappa shape index (κ2) is 11.0. The average molecular weight is 460 g/mol. The smallest absolute Gasteiger partial charge is 0.332 e. The van der Waals surface area contributed by atoms with E-state index in [1.165, 1.54) is 0 Å². The summed E-state index contributed by atoms with van der Waals surface area (Å²) in [4.78, 5) is 26.9. The van der Waals surface area contributed by atoms with E-state index < -0.39 is 23.2 Å². The molecule has 5 nitrogen and oxygen atoms in total. The van der Waals surface area contributed by atoms with Crippen molar-refractivity contribution in [3.05, 3.63) is 102 Å². The van der Waals surface area contributed by atoms with Crippen molar-refractivity contribution in [3.8, 4) is 5.75 Å². The summed E-state index contributed by atoms with van der Waals surface area (Å²) < 4.78 is 11.8. The minimum absolute atomic E-state index is 0.290. The van der Waals surface area contributed by atoms with Gasteiger partial charge in [-0.1, -0.05) is 78.9 Å². The van der Waals surface area contributed by atoms with E-state index >= 15 is 0 Å². The van der Waals surface area contributed by atoms with Gasteiger partial charge in [-0.15, -0.1) is 0 Å². The highest BCUT2D eigenvalue weighted by Crippen LogP contribution is 2.21. The van der Waals surface area contributed by atoms with Crippen LogP contribution in [0.3, 0.4) is 0 Å². The largest absolute Gasteiger partial charge is 0.480 e. The molecule has 0 heterocycles. The molecule has 3 aromatic rings. The van der Waals surface area contributed by atoms with Crippen molar-refractivity contribution >= 4 is 11.9 Å². The van der Waals surface area contributed by atoms with Crippen LogP contribution in [0.1, 0.15) is 38.8 Å². The standard InChI is InChI=1S/C29H33NO4/c1-28(2,3)34-27(32)29(4,21-23-16-10-6-11-17-23)30-26(31)25(20-22-14-8-5-9-15-22)33-24-18-12-7-13-19-24/h5-19,25H,20-21H2,1-4H3,(H,30,31)/t25-,29-/m0/s1. The normalized spacial score (nSPS) is 13.9.